The average Bonchev–Trinajstić information content (AvgIpc) is 3.32. The lowest BCUT2D eigenvalue weighted by molar-refractivity contribution is -0.0596. The van der Waals surface area contributed by atoms with E-state index >= 15 is 0 Å². The van der Waals surface area contributed by atoms with Crippen molar-refractivity contribution >= 4 is 27.3 Å². The number of furan rings is 1. The average molecular weight is 390 g/mol. The van der Waals surface area contributed by atoms with E-state index in [1.54, 1.807) is 16.9 Å². The zero-order valence-electron chi connectivity index (χ0n) is 16.7. The third-order valence-corrected chi connectivity index (χ3v) is 9.46. The highest BCUT2D eigenvalue weighted by molar-refractivity contribution is 7.16. The lowest BCUT2D eigenvalue weighted by atomic mass is 9.47. The van der Waals surface area contributed by atoms with Crippen molar-refractivity contribution in [2.45, 2.75) is 57.5 Å². The number of aryl methyl sites for hydroxylation is 1. The molecule has 0 N–H and O–H groups in total. The number of hydrogen-bond donors (Lipinski definition) is 0. The molecule has 28 heavy (non-hydrogen) atoms. The molecule has 4 aliphatic carbocycles. The van der Waals surface area contributed by atoms with Gasteiger partial charge in [-0.05, 0) is 92.7 Å². The molecule has 0 amide bonds. The Bertz CT molecular complexity index is 1060. The molecular weight excluding hydrogens is 362 g/mol. The molecule has 1 aromatic carbocycles. The van der Waals surface area contributed by atoms with E-state index < -0.39 is 0 Å². The number of fused-ring (bicyclic) bond motifs is 3. The van der Waals surface area contributed by atoms with Crippen LogP contribution in [0.3, 0.4) is 0 Å². The smallest absolute Gasteiger partial charge is 0.188 e. The highest BCUT2D eigenvalue weighted by Crippen LogP contribution is 2.70. The van der Waals surface area contributed by atoms with Crippen LogP contribution in [0.2, 0.25) is 0 Å². The predicted octanol–water partition coefficient (Wildman–Crippen LogP) is 7.04. The first kappa shape index (κ1) is 16.1. The number of anilines is 1. The van der Waals surface area contributed by atoms with E-state index in [9.17, 15) is 0 Å². The van der Waals surface area contributed by atoms with Crippen LogP contribution in [0.1, 0.15) is 62.0 Å². The first-order valence-corrected chi connectivity index (χ1v) is 11.9. The topological polar surface area (TPSA) is 16.4 Å². The van der Waals surface area contributed by atoms with E-state index in [4.69, 9.17) is 4.42 Å². The molecule has 0 saturated heterocycles. The first-order valence-electron chi connectivity index (χ1n) is 11.0. The Labute approximate surface area is 170 Å². The van der Waals surface area contributed by atoms with Gasteiger partial charge < -0.3 is 9.32 Å². The second kappa shape index (κ2) is 5.24. The van der Waals surface area contributed by atoms with Crippen LogP contribution < -0.4 is 4.90 Å². The third-order valence-electron chi connectivity index (χ3n) is 8.67. The summed E-state index contributed by atoms with van der Waals surface area (Å²) in [6.45, 7) is 4.67. The highest BCUT2D eigenvalue weighted by Gasteiger charge is 2.66. The number of rotatable bonds is 1. The van der Waals surface area contributed by atoms with Crippen LogP contribution in [0.25, 0.3) is 10.3 Å². The second-order valence-corrected chi connectivity index (χ2v) is 10.8. The van der Waals surface area contributed by atoms with Gasteiger partial charge in [-0.2, -0.15) is 0 Å². The van der Waals surface area contributed by atoms with Gasteiger partial charge in [0.15, 0.2) is 4.90 Å². The van der Waals surface area contributed by atoms with Crippen molar-refractivity contribution in [1.29, 1.82) is 0 Å². The van der Waals surface area contributed by atoms with Gasteiger partial charge in [0, 0.05) is 16.6 Å². The summed E-state index contributed by atoms with van der Waals surface area (Å²) in [5.74, 6) is 4.74. The molecule has 1 aliphatic heterocycles. The molecule has 1 unspecified atom stereocenters. The first-order chi connectivity index (χ1) is 13.7. The lowest BCUT2D eigenvalue weighted by Crippen LogP contribution is -2.62. The van der Waals surface area contributed by atoms with E-state index in [1.807, 2.05) is 0 Å². The van der Waals surface area contributed by atoms with Gasteiger partial charge in [-0.1, -0.05) is 18.2 Å². The van der Waals surface area contributed by atoms with Crippen molar-refractivity contribution in [3.8, 4) is 0 Å². The van der Waals surface area contributed by atoms with Crippen LogP contribution >= 0.6 is 11.3 Å². The summed E-state index contributed by atoms with van der Waals surface area (Å²) < 4.78 is 6.56. The van der Waals surface area contributed by atoms with Gasteiger partial charge in [0.25, 0.3) is 0 Å². The molecule has 5 aliphatic rings. The second-order valence-electron chi connectivity index (χ2n) is 9.93. The summed E-state index contributed by atoms with van der Waals surface area (Å²) in [7, 11) is 0. The zero-order chi connectivity index (χ0) is 18.6. The molecule has 1 atom stereocenters. The van der Waals surface area contributed by atoms with E-state index in [-0.39, 0.29) is 5.54 Å². The van der Waals surface area contributed by atoms with Gasteiger partial charge in [-0.15, -0.1) is 11.3 Å². The molecule has 0 radical (unpaired) electrons. The molecule has 2 aromatic heterocycles. The number of thiophene rings is 1. The highest BCUT2D eigenvalue weighted by atomic mass is 32.1. The fourth-order valence-electron chi connectivity index (χ4n) is 8.05. The van der Waals surface area contributed by atoms with Gasteiger partial charge in [0.05, 0.1) is 11.6 Å². The van der Waals surface area contributed by atoms with Crippen molar-refractivity contribution < 1.29 is 4.42 Å². The minimum Gasteiger partial charge on any atom is -0.448 e. The minimum absolute atomic E-state index is 0.139. The Balaban J connectivity index is 1.55. The molecule has 3 heterocycles. The number of benzene rings is 1. The molecule has 1 spiro atoms. The molecule has 3 aromatic rings. The van der Waals surface area contributed by atoms with Gasteiger partial charge in [0.1, 0.15) is 5.76 Å². The number of hydrogen-bond acceptors (Lipinski definition) is 3. The molecule has 2 nitrogen and oxygen atoms in total. The van der Waals surface area contributed by atoms with Crippen molar-refractivity contribution in [1.82, 2.24) is 0 Å². The van der Waals surface area contributed by atoms with Crippen LogP contribution in [0.15, 0.2) is 40.1 Å². The van der Waals surface area contributed by atoms with Crippen molar-refractivity contribution in [2.24, 2.45) is 23.7 Å². The van der Waals surface area contributed by atoms with Gasteiger partial charge >= 0.3 is 0 Å². The van der Waals surface area contributed by atoms with Crippen LogP contribution in [0, 0.1) is 30.6 Å². The fraction of sp³-hybridized carbons (Fsp3) is 0.520. The minimum atomic E-state index is 0.139. The van der Waals surface area contributed by atoms with Crippen LogP contribution in [-0.2, 0) is 5.54 Å². The third kappa shape index (κ3) is 1.72. The molecule has 3 heteroatoms. The van der Waals surface area contributed by atoms with Crippen LogP contribution in [0.4, 0.5) is 5.69 Å². The molecule has 4 saturated carbocycles. The van der Waals surface area contributed by atoms with Crippen molar-refractivity contribution in [3.63, 3.8) is 0 Å². The van der Waals surface area contributed by atoms with Crippen molar-refractivity contribution in [2.75, 3.05) is 4.90 Å². The Morgan fingerprint density at radius 3 is 2.43 bits per heavy atom. The molecule has 4 bridgehead atoms. The number of para-hydroxylation sites is 1. The van der Waals surface area contributed by atoms with Crippen LogP contribution in [-0.4, -0.2) is 0 Å². The van der Waals surface area contributed by atoms with Gasteiger partial charge in [0.2, 0.25) is 0 Å². The maximum Gasteiger partial charge on any atom is 0.188 e. The summed E-state index contributed by atoms with van der Waals surface area (Å²) in [4.78, 5) is 3.98. The Morgan fingerprint density at radius 2 is 1.71 bits per heavy atom. The molecular formula is C25H27NOS. The van der Waals surface area contributed by atoms with E-state index in [0.29, 0.717) is 6.04 Å². The summed E-state index contributed by atoms with van der Waals surface area (Å²) >= 11 is 1.77. The normalized spacial score (nSPS) is 38.1. The summed E-state index contributed by atoms with van der Waals surface area (Å²) in [5, 5.41) is 3.63. The quantitative estimate of drug-likeness (QED) is 0.444. The van der Waals surface area contributed by atoms with Crippen LogP contribution in [0.5, 0.6) is 0 Å². The summed E-state index contributed by atoms with van der Waals surface area (Å²) in [6, 6.07) is 11.7. The van der Waals surface area contributed by atoms with Gasteiger partial charge in [-0.3, -0.25) is 0 Å². The molecule has 8 rings (SSSR count). The van der Waals surface area contributed by atoms with E-state index in [0.717, 1.165) is 28.6 Å². The molecule has 144 valence electrons. The zero-order valence-corrected chi connectivity index (χ0v) is 17.5. The van der Waals surface area contributed by atoms with E-state index in [2.05, 4.69) is 54.5 Å². The standard InChI is InChI=1S/C25H27NOS/c1-14-5-3-4-6-21(14)26-15(2)23-22(20-7-8-28-24(20)27-23)25(26)18-10-16-9-17(12-18)13-19(25)11-16/h3-8,15-19H,9-13H2,1-2H3. The predicted molar refractivity (Wildman–Crippen MR) is 115 cm³/mol. The van der Waals surface area contributed by atoms with E-state index in [1.165, 1.54) is 54.5 Å². The lowest BCUT2D eigenvalue weighted by Gasteiger charge is -2.64. The maximum atomic E-state index is 6.56. The SMILES string of the molecule is Cc1ccccc1N1C(C)c2oc3sccc3c2C12C1CC3CC(C1)CC2C3. The molecule has 4 fully saturated rings. The Kier molecular flexibility index (Phi) is 3.01. The number of nitrogens with zero attached hydrogens (tertiary/aromatic N) is 1. The van der Waals surface area contributed by atoms with Crippen molar-refractivity contribution in [3.05, 3.63) is 52.6 Å². The Morgan fingerprint density at radius 1 is 1.00 bits per heavy atom. The summed E-state index contributed by atoms with van der Waals surface area (Å²) in [6.07, 6.45) is 7.16. The monoisotopic (exact) mass is 389 g/mol. The Hall–Kier alpha value is -1.74. The fourth-order valence-corrected chi connectivity index (χ4v) is 8.82. The maximum absolute atomic E-state index is 6.56. The summed E-state index contributed by atoms with van der Waals surface area (Å²) in [5.41, 5.74) is 4.54. The van der Waals surface area contributed by atoms with Gasteiger partial charge in [-0.25, -0.2) is 0 Å². The largest absolute Gasteiger partial charge is 0.448 e.